The van der Waals surface area contributed by atoms with E-state index < -0.39 is 0 Å². The Labute approximate surface area is 239 Å². The molecule has 0 bridgehead atoms. The van der Waals surface area contributed by atoms with Crippen molar-refractivity contribution in [1.82, 2.24) is 10.2 Å². The van der Waals surface area contributed by atoms with Crippen molar-refractivity contribution in [1.29, 1.82) is 0 Å². The van der Waals surface area contributed by atoms with Gasteiger partial charge in [0.05, 0.1) is 28.4 Å². The zero-order valence-electron chi connectivity index (χ0n) is 23.2. The second kappa shape index (κ2) is 13.9. The van der Waals surface area contributed by atoms with Crippen molar-refractivity contribution in [2.75, 3.05) is 48.1 Å². The third-order valence-electron chi connectivity index (χ3n) is 8.64. The number of nitrogens with one attached hydrogen (secondary N) is 1. The first-order valence-electron chi connectivity index (χ1n) is 13.1. The number of methoxy groups -OCH3 is 4. The van der Waals surface area contributed by atoms with E-state index in [-0.39, 0.29) is 30.3 Å². The fourth-order valence-corrected chi connectivity index (χ4v) is 6.74. The number of benzene rings is 2. The predicted octanol–water partition coefficient (Wildman–Crippen LogP) is 4.96. The molecule has 3 N–H and O–H groups in total. The van der Waals surface area contributed by atoms with Gasteiger partial charge in [0.2, 0.25) is 0 Å². The van der Waals surface area contributed by atoms with E-state index in [1.54, 1.807) is 28.4 Å². The quantitative estimate of drug-likeness (QED) is 0.506. The van der Waals surface area contributed by atoms with Crippen LogP contribution in [0.2, 0.25) is 0 Å². The number of ether oxygens (including phenoxy) is 4. The van der Waals surface area contributed by atoms with E-state index in [2.05, 4.69) is 41.4 Å². The molecule has 0 aromatic heterocycles. The molecule has 2 aromatic carbocycles. The summed E-state index contributed by atoms with van der Waals surface area (Å²) in [5.74, 6) is 4.69. The van der Waals surface area contributed by atoms with Gasteiger partial charge in [-0.25, -0.2) is 0 Å². The molecule has 0 saturated carbocycles. The highest BCUT2D eigenvalue weighted by atomic mass is 35.5. The van der Waals surface area contributed by atoms with Crippen molar-refractivity contribution in [3.05, 3.63) is 46.5 Å². The van der Waals surface area contributed by atoms with Crippen LogP contribution in [0.3, 0.4) is 0 Å². The summed E-state index contributed by atoms with van der Waals surface area (Å²) in [7, 11) is 6.90. The first kappa shape index (κ1) is 32.3. The van der Waals surface area contributed by atoms with Gasteiger partial charge in [-0.05, 0) is 90.6 Å². The molecule has 2 aromatic rings. The SMILES string of the molecule is CC[C@@H]1CN2CCc3cc(OC)c(OC)cc3[C@H]2C[C@H]1C[C@@H]1NCCc2cc(OC)c(OC)cc21.Cl.Cl.O. The molecule has 1 saturated heterocycles. The maximum atomic E-state index is 5.68. The molecular weight excluding hydrogens is 527 g/mol. The fraction of sp³-hybridized carbons (Fsp3) is 0.586. The molecule has 3 aliphatic rings. The summed E-state index contributed by atoms with van der Waals surface area (Å²) < 4.78 is 22.5. The first-order valence-corrected chi connectivity index (χ1v) is 13.1. The maximum absolute atomic E-state index is 5.68. The summed E-state index contributed by atoms with van der Waals surface area (Å²) in [6.45, 7) is 5.66. The molecular formula is C29H44Cl2N2O5. The maximum Gasteiger partial charge on any atom is 0.161 e. The number of piperidine rings is 1. The second-order valence-electron chi connectivity index (χ2n) is 10.2. The highest BCUT2D eigenvalue weighted by Crippen LogP contribution is 2.48. The van der Waals surface area contributed by atoms with Crippen molar-refractivity contribution in [2.24, 2.45) is 11.8 Å². The number of hydrogen-bond donors (Lipinski definition) is 1. The molecule has 9 heteroatoms. The van der Waals surface area contributed by atoms with Gasteiger partial charge in [-0.2, -0.15) is 0 Å². The third kappa shape index (κ3) is 5.97. The molecule has 0 spiro atoms. The Kier molecular flexibility index (Phi) is 11.9. The van der Waals surface area contributed by atoms with Crippen LogP contribution >= 0.6 is 24.8 Å². The predicted molar refractivity (Wildman–Crippen MR) is 156 cm³/mol. The molecule has 5 rings (SSSR count). The van der Waals surface area contributed by atoms with Crippen LogP contribution in [-0.2, 0) is 12.8 Å². The summed E-state index contributed by atoms with van der Waals surface area (Å²) in [6, 6.07) is 9.61. The molecule has 0 radical (unpaired) electrons. The van der Waals surface area contributed by atoms with Crippen molar-refractivity contribution in [3.63, 3.8) is 0 Å². The average Bonchev–Trinajstić information content (AvgIpc) is 2.91. The van der Waals surface area contributed by atoms with Gasteiger partial charge < -0.3 is 29.7 Å². The number of hydrogen-bond acceptors (Lipinski definition) is 6. The number of nitrogens with zero attached hydrogens (tertiary/aromatic N) is 1. The van der Waals surface area contributed by atoms with Crippen LogP contribution in [0.1, 0.15) is 60.5 Å². The minimum atomic E-state index is 0. The largest absolute Gasteiger partial charge is 0.493 e. The lowest BCUT2D eigenvalue weighted by molar-refractivity contribution is 0.0434. The summed E-state index contributed by atoms with van der Waals surface area (Å²) in [4.78, 5) is 2.72. The zero-order valence-corrected chi connectivity index (χ0v) is 24.8. The summed E-state index contributed by atoms with van der Waals surface area (Å²) in [6.07, 6.45) is 5.65. The van der Waals surface area contributed by atoms with Crippen LogP contribution in [0.4, 0.5) is 0 Å². The van der Waals surface area contributed by atoms with Crippen molar-refractivity contribution in [3.8, 4) is 23.0 Å². The molecule has 3 aliphatic heterocycles. The molecule has 1 fully saturated rings. The van der Waals surface area contributed by atoms with Crippen LogP contribution in [0, 0.1) is 11.8 Å². The van der Waals surface area contributed by atoms with E-state index in [1.807, 2.05) is 0 Å². The van der Waals surface area contributed by atoms with Gasteiger partial charge in [0, 0.05) is 25.2 Å². The lowest BCUT2D eigenvalue weighted by Gasteiger charge is -2.48. The van der Waals surface area contributed by atoms with E-state index >= 15 is 0 Å². The molecule has 38 heavy (non-hydrogen) atoms. The Morgan fingerprint density at radius 2 is 1.34 bits per heavy atom. The van der Waals surface area contributed by atoms with E-state index in [1.165, 1.54) is 41.6 Å². The van der Waals surface area contributed by atoms with Gasteiger partial charge in [0.15, 0.2) is 23.0 Å². The molecule has 4 atom stereocenters. The second-order valence-corrected chi connectivity index (χ2v) is 10.2. The van der Waals surface area contributed by atoms with Gasteiger partial charge in [-0.15, -0.1) is 24.8 Å². The fourth-order valence-electron chi connectivity index (χ4n) is 6.74. The van der Waals surface area contributed by atoms with Crippen LogP contribution in [0.5, 0.6) is 23.0 Å². The van der Waals surface area contributed by atoms with E-state index in [0.717, 1.165) is 55.4 Å². The van der Waals surface area contributed by atoms with Crippen molar-refractivity contribution in [2.45, 2.75) is 51.1 Å². The lowest BCUT2D eigenvalue weighted by Crippen LogP contribution is -2.46. The van der Waals surface area contributed by atoms with Crippen LogP contribution in [0.15, 0.2) is 24.3 Å². The Bertz CT molecular complexity index is 1070. The van der Waals surface area contributed by atoms with Gasteiger partial charge in [-0.1, -0.05) is 13.3 Å². The highest BCUT2D eigenvalue weighted by molar-refractivity contribution is 5.85. The van der Waals surface area contributed by atoms with Crippen LogP contribution in [-0.4, -0.2) is 58.4 Å². The Morgan fingerprint density at radius 1 is 0.789 bits per heavy atom. The smallest absolute Gasteiger partial charge is 0.161 e. The van der Waals surface area contributed by atoms with Crippen molar-refractivity contribution >= 4 is 24.8 Å². The molecule has 0 aliphatic carbocycles. The number of fused-ring (bicyclic) bond motifs is 4. The Balaban J connectivity index is 0.00000169. The summed E-state index contributed by atoms with van der Waals surface area (Å²) in [5, 5.41) is 3.83. The van der Waals surface area contributed by atoms with Gasteiger partial charge in [0.1, 0.15) is 0 Å². The first-order chi connectivity index (χ1) is 17.1. The molecule has 0 unspecified atom stereocenters. The molecule has 7 nitrogen and oxygen atoms in total. The van der Waals surface area contributed by atoms with Gasteiger partial charge in [-0.3, -0.25) is 4.90 Å². The third-order valence-corrected chi connectivity index (χ3v) is 8.64. The molecule has 3 heterocycles. The zero-order chi connectivity index (χ0) is 24.5. The molecule has 0 amide bonds. The van der Waals surface area contributed by atoms with Gasteiger partial charge >= 0.3 is 0 Å². The number of rotatable bonds is 7. The standard InChI is InChI=1S/C29H40N2O4.2ClH.H2O/c1-6-18-17-31-10-8-20-14-27(33-3)29(35-5)16-23(20)25(31)12-21(18)11-24-22-15-28(34-4)26(32-2)13-19(22)7-9-30-24;;;/h13-16,18,21,24-25,30H,6-12,17H2,1-5H3;2*1H;1H2/t18-,21-,24+,25-;;;/m1.../s1. The minimum absolute atomic E-state index is 0. The minimum Gasteiger partial charge on any atom is -0.493 e. The summed E-state index contributed by atoms with van der Waals surface area (Å²) >= 11 is 0. The van der Waals surface area contributed by atoms with Gasteiger partial charge in [0.25, 0.3) is 0 Å². The van der Waals surface area contributed by atoms with Crippen molar-refractivity contribution < 1.29 is 24.4 Å². The van der Waals surface area contributed by atoms with E-state index in [0.29, 0.717) is 23.9 Å². The lowest BCUT2D eigenvalue weighted by atomic mass is 9.72. The molecule has 214 valence electrons. The van der Waals surface area contributed by atoms with Crippen LogP contribution in [0.25, 0.3) is 0 Å². The normalized spacial score (nSPS) is 23.7. The van der Waals surface area contributed by atoms with E-state index in [9.17, 15) is 0 Å². The summed E-state index contributed by atoms with van der Waals surface area (Å²) in [5.41, 5.74) is 5.60. The number of halogens is 2. The Hall–Kier alpha value is -1.90. The average molecular weight is 572 g/mol. The highest BCUT2D eigenvalue weighted by Gasteiger charge is 2.40. The van der Waals surface area contributed by atoms with E-state index in [4.69, 9.17) is 18.9 Å². The Morgan fingerprint density at radius 3 is 1.92 bits per heavy atom. The monoisotopic (exact) mass is 570 g/mol. The van der Waals surface area contributed by atoms with Crippen LogP contribution < -0.4 is 24.3 Å². The topological polar surface area (TPSA) is 83.7 Å².